The number of halogens is 3. The molecule has 0 aromatic heterocycles. The second-order valence-electron chi connectivity index (χ2n) is 3.87. The lowest BCUT2D eigenvalue weighted by atomic mass is 10.2. The van der Waals surface area contributed by atoms with Crippen LogP contribution in [-0.2, 0) is 5.33 Å². The lowest BCUT2D eigenvalue weighted by Crippen LogP contribution is -1.95. The van der Waals surface area contributed by atoms with E-state index in [1.807, 2.05) is 0 Å². The highest BCUT2D eigenvalue weighted by molar-refractivity contribution is 9.10. The van der Waals surface area contributed by atoms with E-state index in [-0.39, 0.29) is 17.2 Å². The molecule has 0 aliphatic rings. The fourth-order valence-electron chi connectivity index (χ4n) is 1.55. The number of hydrogen-bond donors (Lipinski definition) is 0. The molecule has 0 N–H and O–H groups in total. The summed E-state index contributed by atoms with van der Waals surface area (Å²) in [6, 6.07) is 8.50. The van der Waals surface area contributed by atoms with Crippen LogP contribution in [0.25, 0.3) is 0 Å². The fourth-order valence-corrected chi connectivity index (χ4v) is 2.23. The van der Waals surface area contributed by atoms with Gasteiger partial charge in [-0.2, -0.15) is 0 Å². The molecule has 7 heteroatoms. The molecule has 0 aliphatic heterocycles. The van der Waals surface area contributed by atoms with E-state index < -0.39 is 10.7 Å². The molecule has 0 fully saturated rings. The zero-order valence-electron chi connectivity index (χ0n) is 9.98. The topological polar surface area (TPSA) is 52.4 Å². The summed E-state index contributed by atoms with van der Waals surface area (Å²) < 4.78 is 19.1. The summed E-state index contributed by atoms with van der Waals surface area (Å²) in [6.45, 7) is 0. The van der Waals surface area contributed by atoms with Crippen molar-refractivity contribution in [1.29, 1.82) is 0 Å². The van der Waals surface area contributed by atoms with Crippen LogP contribution in [0.3, 0.4) is 0 Å². The average Bonchev–Trinajstić information content (AvgIpc) is 2.43. The maximum atomic E-state index is 13.2. The fraction of sp³-hybridized carbons (Fsp3) is 0.0769. The van der Waals surface area contributed by atoms with Crippen LogP contribution in [-0.4, -0.2) is 4.92 Å². The number of nitro groups is 1. The lowest BCUT2D eigenvalue weighted by molar-refractivity contribution is -0.385. The number of rotatable bonds is 4. The van der Waals surface area contributed by atoms with Gasteiger partial charge in [-0.3, -0.25) is 10.1 Å². The minimum atomic E-state index is -0.533. The normalized spacial score (nSPS) is 10.3. The lowest BCUT2D eigenvalue weighted by Gasteiger charge is -2.09. The third kappa shape index (κ3) is 3.34. The summed E-state index contributed by atoms with van der Waals surface area (Å²) in [5, 5.41) is 11.6. The first-order valence-corrected chi connectivity index (χ1v) is 7.39. The predicted octanol–water partition coefficient (Wildman–Crippen LogP) is 5.18. The summed E-state index contributed by atoms with van der Waals surface area (Å²) >= 11 is 6.44. The molecule has 0 saturated heterocycles. The molecule has 0 aliphatic carbocycles. The Kier molecular flexibility index (Phi) is 4.72. The quantitative estimate of drug-likeness (QED) is 0.400. The van der Waals surface area contributed by atoms with Crippen molar-refractivity contribution < 1.29 is 14.1 Å². The summed E-state index contributed by atoms with van der Waals surface area (Å²) in [6.07, 6.45) is 0. The zero-order valence-corrected chi connectivity index (χ0v) is 13.1. The molecule has 20 heavy (non-hydrogen) atoms. The molecule has 4 nitrogen and oxygen atoms in total. The number of benzene rings is 2. The molecule has 0 unspecified atom stereocenters. The molecule has 0 amide bonds. The highest BCUT2D eigenvalue weighted by atomic mass is 79.9. The Hall–Kier alpha value is -1.47. The molecule has 0 spiro atoms. The van der Waals surface area contributed by atoms with Crippen LogP contribution in [0.15, 0.2) is 40.9 Å². The maximum absolute atomic E-state index is 13.2. The van der Waals surface area contributed by atoms with Crippen LogP contribution in [0.2, 0.25) is 0 Å². The third-order valence-electron chi connectivity index (χ3n) is 2.49. The van der Waals surface area contributed by atoms with Gasteiger partial charge in [0.15, 0.2) is 0 Å². The van der Waals surface area contributed by atoms with E-state index in [0.29, 0.717) is 9.80 Å². The van der Waals surface area contributed by atoms with Gasteiger partial charge >= 0.3 is 5.69 Å². The maximum Gasteiger partial charge on any atom is 0.311 e. The Morgan fingerprint density at radius 1 is 1.20 bits per heavy atom. The molecular weight excluding hydrogens is 397 g/mol. The number of nitrogens with zero attached hydrogens (tertiary/aromatic N) is 1. The molecule has 2 aromatic rings. The van der Waals surface area contributed by atoms with Gasteiger partial charge in [-0.25, -0.2) is 4.39 Å². The third-order valence-corrected chi connectivity index (χ3v) is 3.79. The van der Waals surface area contributed by atoms with Gasteiger partial charge in [0.2, 0.25) is 5.75 Å². The van der Waals surface area contributed by atoms with E-state index in [1.54, 1.807) is 6.07 Å². The SMILES string of the molecule is O=[N+]([O-])c1cc(CBr)ccc1Oc1cc(F)ccc1Br. The first-order chi connectivity index (χ1) is 9.51. The van der Waals surface area contributed by atoms with E-state index in [4.69, 9.17) is 4.74 Å². The summed E-state index contributed by atoms with van der Waals surface area (Å²) in [5.41, 5.74) is 0.584. The molecule has 0 heterocycles. The Morgan fingerprint density at radius 3 is 2.60 bits per heavy atom. The van der Waals surface area contributed by atoms with Crippen LogP contribution in [0.1, 0.15) is 5.56 Å². The van der Waals surface area contributed by atoms with Crippen molar-refractivity contribution in [1.82, 2.24) is 0 Å². The van der Waals surface area contributed by atoms with Gasteiger partial charge in [-0.15, -0.1) is 0 Å². The van der Waals surface area contributed by atoms with Gasteiger partial charge in [-0.05, 0) is 39.7 Å². The molecule has 104 valence electrons. The molecular formula is C13H8Br2FNO3. The summed E-state index contributed by atoms with van der Waals surface area (Å²) in [7, 11) is 0. The van der Waals surface area contributed by atoms with Gasteiger partial charge in [0.1, 0.15) is 11.6 Å². The summed E-state index contributed by atoms with van der Waals surface area (Å²) in [4.78, 5) is 10.5. The van der Waals surface area contributed by atoms with Crippen LogP contribution < -0.4 is 4.74 Å². The molecule has 2 rings (SSSR count). The first-order valence-electron chi connectivity index (χ1n) is 5.47. The number of ether oxygens (including phenoxy) is 1. The predicted molar refractivity (Wildman–Crippen MR) is 79.9 cm³/mol. The largest absolute Gasteiger partial charge is 0.449 e. The minimum absolute atomic E-state index is 0.0611. The van der Waals surface area contributed by atoms with Gasteiger partial charge in [0, 0.05) is 17.5 Å². The minimum Gasteiger partial charge on any atom is -0.449 e. The van der Waals surface area contributed by atoms with E-state index in [1.165, 1.54) is 24.3 Å². The van der Waals surface area contributed by atoms with Crippen molar-refractivity contribution >= 4 is 37.5 Å². The van der Waals surface area contributed by atoms with Crippen molar-refractivity contribution in [2.24, 2.45) is 0 Å². The molecule has 0 bridgehead atoms. The van der Waals surface area contributed by atoms with Crippen molar-refractivity contribution in [2.75, 3.05) is 0 Å². The van der Waals surface area contributed by atoms with Crippen molar-refractivity contribution in [3.63, 3.8) is 0 Å². The molecule has 0 saturated carbocycles. The first kappa shape index (κ1) is 14.9. The molecule has 0 atom stereocenters. The smallest absolute Gasteiger partial charge is 0.311 e. The Bertz CT molecular complexity index is 664. The van der Waals surface area contributed by atoms with E-state index >= 15 is 0 Å². The van der Waals surface area contributed by atoms with E-state index in [0.717, 1.165) is 11.6 Å². The van der Waals surface area contributed by atoms with Crippen LogP contribution >= 0.6 is 31.9 Å². The van der Waals surface area contributed by atoms with Crippen LogP contribution in [0.4, 0.5) is 10.1 Å². The second kappa shape index (κ2) is 6.32. The second-order valence-corrected chi connectivity index (χ2v) is 5.28. The van der Waals surface area contributed by atoms with Gasteiger partial charge in [0.05, 0.1) is 9.40 Å². The van der Waals surface area contributed by atoms with E-state index in [2.05, 4.69) is 31.9 Å². The van der Waals surface area contributed by atoms with Gasteiger partial charge in [-0.1, -0.05) is 22.0 Å². The van der Waals surface area contributed by atoms with Crippen molar-refractivity contribution in [3.05, 3.63) is 62.4 Å². The Labute approximate surface area is 131 Å². The summed E-state index contributed by atoms with van der Waals surface area (Å²) in [5.74, 6) is -0.242. The van der Waals surface area contributed by atoms with Gasteiger partial charge < -0.3 is 4.74 Å². The van der Waals surface area contributed by atoms with E-state index in [9.17, 15) is 14.5 Å². The number of hydrogen-bond acceptors (Lipinski definition) is 3. The van der Waals surface area contributed by atoms with Crippen molar-refractivity contribution in [3.8, 4) is 11.5 Å². The highest BCUT2D eigenvalue weighted by Crippen LogP contribution is 2.36. The van der Waals surface area contributed by atoms with Crippen LogP contribution in [0.5, 0.6) is 11.5 Å². The molecule has 0 radical (unpaired) electrons. The standard InChI is InChI=1S/C13H8Br2FNO3/c14-7-8-1-4-12(11(5-8)17(18)19)20-13-6-9(16)2-3-10(13)15/h1-6H,7H2. The Morgan fingerprint density at radius 2 is 1.95 bits per heavy atom. The van der Waals surface area contributed by atoms with Crippen LogP contribution in [0, 0.1) is 15.9 Å². The average molecular weight is 405 g/mol. The highest BCUT2D eigenvalue weighted by Gasteiger charge is 2.17. The monoisotopic (exact) mass is 403 g/mol. The number of nitro benzene ring substituents is 1. The number of alkyl halides is 1. The van der Waals surface area contributed by atoms with Crippen molar-refractivity contribution in [2.45, 2.75) is 5.33 Å². The van der Waals surface area contributed by atoms with Gasteiger partial charge in [0.25, 0.3) is 0 Å². The Balaban J connectivity index is 2.42. The molecule has 2 aromatic carbocycles. The zero-order chi connectivity index (χ0) is 14.7.